The van der Waals surface area contributed by atoms with Gasteiger partial charge in [-0.05, 0) is 23.1 Å². The van der Waals surface area contributed by atoms with Crippen LogP contribution in [0.15, 0.2) is 72.8 Å². The average molecular weight is 349 g/mol. The molecule has 0 aliphatic heterocycles. The molecule has 0 saturated heterocycles. The van der Waals surface area contributed by atoms with Gasteiger partial charge in [0.2, 0.25) is 5.91 Å². The van der Waals surface area contributed by atoms with Gasteiger partial charge in [0.1, 0.15) is 5.69 Å². The lowest BCUT2D eigenvalue weighted by Gasteiger charge is -2.00. The Morgan fingerprint density at radius 3 is 2.80 bits per heavy atom. The molecule has 2 heterocycles. The van der Waals surface area contributed by atoms with E-state index in [9.17, 15) is 4.79 Å². The summed E-state index contributed by atoms with van der Waals surface area (Å²) in [6.45, 7) is 4.73. The lowest BCUT2D eigenvalue weighted by molar-refractivity contribution is -0.116. The third-order valence-electron chi connectivity index (χ3n) is 3.57. The Hall–Kier alpha value is -2.92. The normalized spacial score (nSPS) is 10.9. The van der Waals surface area contributed by atoms with Crippen molar-refractivity contribution in [2.75, 3.05) is 6.54 Å². The highest BCUT2D eigenvalue weighted by molar-refractivity contribution is 7.13. The van der Waals surface area contributed by atoms with Crippen LogP contribution in [0.3, 0.4) is 0 Å². The van der Waals surface area contributed by atoms with E-state index >= 15 is 0 Å². The fourth-order valence-electron chi connectivity index (χ4n) is 2.41. The van der Waals surface area contributed by atoms with Gasteiger partial charge in [0, 0.05) is 24.4 Å². The molecule has 0 radical (unpaired) electrons. The highest BCUT2D eigenvalue weighted by Gasteiger charge is 2.11. The molecule has 3 aromatic rings. The smallest absolute Gasteiger partial charge is 0.244 e. The zero-order valence-electron chi connectivity index (χ0n) is 13.8. The molecule has 1 amide bonds. The van der Waals surface area contributed by atoms with Gasteiger partial charge in [0.05, 0.1) is 11.4 Å². The van der Waals surface area contributed by atoms with E-state index in [0.717, 1.165) is 16.1 Å². The summed E-state index contributed by atoms with van der Waals surface area (Å²) in [5.74, 6) is -0.146. The number of hydrogen-bond acceptors (Lipinski definition) is 3. The first-order valence-electron chi connectivity index (χ1n) is 7.98. The molecule has 2 aromatic heterocycles. The van der Waals surface area contributed by atoms with Crippen LogP contribution >= 0.6 is 11.3 Å². The van der Waals surface area contributed by atoms with E-state index in [2.05, 4.69) is 24.0 Å². The predicted molar refractivity (Wildman–Crippen MR) is 103 cm³/mol. The number of amides is 1. The first kappa shape index (κ1) is 16.9. The van der Waals surface area contributed by atoms with Gasteiger partial charge in [-0.3, -0.25) is 9.48 Å². The topological polar surface area (TPSA) is 46.9 Å². The van der Waals surface area contributed by atoms with Crippen molar-refractivity contribution in [2.24, 2.45) is 0 Å². The highest BCUT2D eigenvalue weighted by atomic mass is 32.1. The van der Waals surface area contributed by atoms with Crippen LogP contribution in [0.25, 0.3) is 16.6 Å². The monoisotopic (exact) mass is 349 g/mol. The first-order valence-corrected chi connectivity index (χ1v) is 8.86. The van der Waals surface area contributed by atoms with Crippen LogP contribution in [-0.2, 0) is 11.3 Å². The number of nitrogens with one attached hydrogen (secondary N) is 1. The maximum absolute atomic E-state index is 11.8. The van der Waals surface area contributed by atoms with E-state index in [0.29, 0.717) is 13.1 Å². The van der Waals surface area contributed by atoms with E-state index in [1.807, 2.05) is 52.7 Å². The van der Waals surface area contributed by atoms with E-state index in [-0.39, 0.29) is 5.91 Å². The van der Waals surface area contributed by atoms with Crippen LogP contribution in [0.2, 0.25) is 0 Å². The standard InChI is InChI=1S/C20H19N3OS/c1-2-12-21-19(24)11-10-17-15-23(14-16-7-4-3-5-8-16)22-20(17)18-9-6-13-25-18/h2-11,13,15H,1,12,14H2,(H,21,24)/b11-10+. The Labute approximate surface area is 151 Å². The Balaban J connectivity index is 1.86. The average Bonchev–Trinajstić information content (AvgIpc) is 3.28. The van der Waals surface area contributed by atoms with Crippen molar-refractivity contribution in [1.82, 2.24) is 15.1 Å². The number of carbonyl (C=O) groups is 1. The summed E-state index contributed by atoms with van der Waals surface area (Å²) in [5, 5.41) is 9.47. The number of thiophene rings is 1. The zero-order valence-corrected chi connectivity index (χ0v) is 14.6. The van der Waals surface area contributed by atoms with E-state index in [4.69, 9.17) is 5.10 Å². The maximum Gasteiger partial charge on any atom is 0.244 e. The molecule has 4 nitrogen and oxygen atoms in total. The minimum Gasteiger partial charge on any atom is -0.349 e. The molecule has 0 aliphatic rings. The molecule has 0 bridgehead atoms. The van der Waals surface area contributed by atoms with Crippen LogP contribution < -0.4 is 5.32 Å². The molecule has 0 aliphatic carbocycles. The molecule has 0 spiro atoms. The minimum atomic E-state index is -0.146. The lowest BCUT2D eigenvalue weighted by atomic mass is 10.2. The molecule has 1 N–H and O–H groups in total. The van der Waals surface area contributed by atoms with Gasteiger partial charge in [-0.1, -0.05) is 42.5 Å². The maximum atomic E-state index is 11.8. The first-order chi connectivity index (χ1) is 12.3. The number of benzene rings is 1. The van der Waals surface area contributed by atoms with Crippen molar-refractivity contribution in [2.45, 2.75) is 6.54 Å². The Morgan fingerprint density at radius 2 is 2.08 bits per heavy atom. The molecule has 0 fully saturated rings. The fourth-order valence-corrected chi connectivity index (χ4v) is 3.14. The van der Waals surface area contributed by atoms with Gasteiger partial charge in [-0.2, -0.15) is 5.10 Å². The van der Waals surface area contributed by atoms with Crippen molar-refractivity contribution >= 4 is 23.3 Å². The van der Waals surface area contributed by atoms with E-state index in [1.54, 1.807) is 17.4 Å². The second kappa shape index (κ2) is 8.26. The third kappa shape index (κ3) is 4.55. The number of nitrogens with zero attached hydrogens (tertiary/aromatic N) is 2. The van der Waals surface area contributed by atoms with E-state index in [1.165, 1.54) is 11.6 Å². The fraction of sp³-hybridized carbons (Fsp3) is 0.100. The molecule has 0 saturated carbocycles. The van der Waals surface area contributed by atoms with Gasteiger partial charge in [-0.25, -0.2) is 0 Å². The predicted octanol–water partition coefficient (Wildman–Crippen LogP) is 3.98. The molecule has 25 heavy (non-hydrogen) atoms. The van der Waals surface area contributed by atoms with E-state index < -0.39 is 0 Å². The van der Waals surface area contributed by atoms with Crippen molar-refractivity contribution in [1.29, 1.82) is 0 Å². The molecule has 1 aromatic carbocycles. The minimum absolute atomic E-state index is 0.146. The summed E-state index contributed by atoms with van der Waals surface area (Å²) in [4.78, 5) is 12.9. The second-order valence-corrected chi connectivity index (χ2v) is 6.41. The van der Waals surface area contributed by atoms with Crippen molar-refractivity contribution < 1.29 is 4.79 Å². The molecule has 0 unspecified atom stereocenters. The van der Waals surface area contributed by atoms with Crippen LogP contribution in [0.4, 0.5) is 0 Å². The number of hydrogen-bond donors (Lipinski definition) is 1. The summed E-state index contributed by atoms with van der Waals surface area (Å²) in [7, 11) is 0. The summed E-state index contributed by atoms with van der Waals surface area (Å²) >= 11 is 1.63. The zero-order chi connectivity index (χ0) is 17.5. The SMILES string of the molecule is C=CCNC(=O)/C=C/c1cn(Cc2ccccc2)nc1-c1cccs1. The van der Waals surface area contributed by atoms with Gasteiger partial charge < -0.3 is 5.32 Å². The summed E-state index contributed by atoms with van der Waals surface area (Å²) in [6.07, 6.45) is 6.96. The van der Waals surface area contributed by atoms with Crippen LogP contribution in [0.1, 0.15) is 11.1 Å². The third-order valence-corrected chi connectivity index (χ3v) is 4.44. The Morgan fingerprint density at radius 1 is 1.24 bits per heavy atom. The van der Waals surface area contributed by atoms with Crippen LogP contribution in [0.5, 0.6) is 0 Å². The Kier molecular flexibility index (Phi) is 5.59. The number of rotatable bonds is 7. The molecule has 0 atom stereocenters. The van der Waals surface area contributed by atoms with Crippen LogP contribution in [0, 0.1) is 0 Å². The van der Waals surface area contributed by atoms with Gasteiger partial charge in [0.25, 0.3) is 0 Å². The van der Waals surface area contributed by atoms with Gasteiger partial charge >= 0.3 is 0 Å². The highest BCUT2D eigenvalue weighted by Crippen LogP contribution is 2.27. The summed E-state index contributed by atoms with van der Waals surface area (Å²) < 4.78 is 1.91. The molecular weight excluding hydrogens is 330 g/mol. The van der Waals surface area contributed by atoms with Crippen molar-refractivity contribution in [3.8, 4) is 10.6 Å². The lowest BCUT2D eigenvalue weighted by Crippen LogP contribution is -2.20. The Bertz CT molecular complexity index is 864. The molecule has 126 valence electrons. The van der Waals surface area contributed by atoms with Crippen molar-refractivity contribution in [3.05, 3.63) is 83.9 Å². The van der Waals surface area contributed by atoms with Crippen molar-refractivity contribution in [3.63, 3.8) is 0 Å². The number of carbonyl (C=O) groups excluding carboxylic acids is 1. The largest absolute Gasteiger partial charge is 0.349 e. The van der Waals surface area contributed by atoms with Crippen LogP contribution in [-0.4, -0.2) is 22.2 Å². The molecular formula is C20H19N3OS. The summed E-state index contributed by atoms with van der Waals surface area (Å²) in [6, 6.07) is 14.2. The van der Waals surface area contributed by atoms with Gasteiger partial charge in [-0.15, -0.1) is 17.9 Å². The quantitative estimate of drug-likeness (QED) is 0.518. The number of aromatic nitrogens is 2. The molecule has 3 rings (SSSR count). The van der Waals surface area contributed by atoms with Gasteiger partial charge in [0.15, 0.2) is 0 Å². The molecule has 5 heteroatoms. The summed E-state index contributed by atoms with van der Waals surface area (Å²) in [5.41, 5.74) is 2.99. The second-order valence-electron chi connectivity index (χ2n) is 5.46.